The first-order valence-electron chi connectivity index (χ1n) is 9.62. The summed E-state index contributed by atoms with van der Waals surface area (Å²) in [6.07, 6.45) is -0.492. The molecule has 0 aliphatic carbocycles. The third-order valence-electron chi connectivity index (χ3n) is 5.85. The Kier molecular flexibility index (Phi) is 5.06. The zero-order valence-corrected chi connectivity index (χ0v) is 17.6. The average molecular weight is 412 g/mol. The molecule has 3 aromatic rings. The van der Waals surface area contributed by atoms with Gasteiger partial charge in [0.15, 0.2) is 0 Å². The maximum absolute atomic E-state index is 13.0. The number of hydrogen-bond donors (Lipinski definition) is 1. The Hall–Kier alpha value is -2.48. The van der Waals surface area contributed by atoms with E-state index in [4.69, 9.17) is 0 Å². The minimum atomic E-state index is -3.64. The second-order valence-electron chi connectivity index (χ2n) is 7.57. The second-order valence-corrected chi connectivity index (χ2v) is 9.53. The SMILES string of the molecule is Cc1nn(Cc2ccccc2)c(C)c1C[C@H]1[C@H](O)c2ccccc2S(=O)(=O)N1C. The van der Waals surface area contributed by atoms with Crippen LogP contribution in [0.1, 0.15) is 34.2 Å². The fourth-order valence-electron chi connectivity index (χ4n) is 4.09. The van der Waals surface area contributed by atoms with Gasteiger partial charge in [0.05, 0.1) is 29.3 Å². The highest BCUT2D eigenvalue weighted by Crippen LogP contribution is 2.37. The van der Waals surface area contributed by atoms with Crippen molar-refractivity contribution in [3.63, 3.8) is 0 Å². The summed E-state index contributed by atoms with van der Waals surface area (Å²) in [4.78, 5) is 0.180. The number of hydrogen-bond acceptors (Lipinski definition) is 4. The molecule has 2 aromatic carbocycles. The Bertz CT molecular complexity index is 1140. The van der Waals surface area contributed by atoms with Crippen LogP contribution in [0.4, 0.5) is 0 Å². The van der Waals surface area contributed by atoms with Crippen molar-refractivity contribution in [1.29, 1.82) is 0 Å². The monoisotopic (exact) mass is 411 g/mol. The van der Waals surface area contributed by atoms with Gasteiger partial charge in [-0.2, -0.15) is 9.40 Å². The van der Waals surface area contributed by atoms with E-state index in [2.05, 4.69) is 17.2 Å². The fraction of sp³-hybridized carbons (Fsp3) is 0.318. The number of aromatic nitrogens is 2. The molecule has 4 rings (SSSR count). The molecule has 1 aromatic heterocycles. The number of aliphatic hydroxyl groups is 1. The molecule has 1 N–H and O–H groups in total. The van der Waals surface area contributed by atoms with Crippen molar-refractivity contribution in [1.82, 2.24) is 14.1 Å². The van der Waals surface area contributed by atoms with Crippen molar-refractivity contribution in [2.24, 2.45) is 0 Å². The first-order chi connectivity index (χ1) is 13.8. The summed E-state index contributed by atoms with van der Waals surface area (Å²) in [7, 11) is -2.10. The van der Waals surface area contributed by atoms with Gasteiger partial charge in [-0.15, -0.1) is 0 Å². The molecule has 152 valence electrons. The predicted molar refractivity (Wildman–Crippen MR) is 111 cm³/mol. The van der Waals surface area contributed by atoms with Crippen LogP contribution < -0.4 is 0 Å². The largest absolute Gasteiger partial charge is 0.387 e. The summed E-state index contributed by atoms with van der Waals surface area (Å²) in [5.74, 6) is 0. The molecule has 0 unspecified atom stereocenters. The van der Waals surface area contributed by atoms with E-state index >= 15 is 0 Å². The normalized spacial score (nSPS) is 21.1. The quantitative estimate of drug-likeness (QED) is 0.716. The lowest BCUT2D eigenvalue weighted by atomic mass is 9.95. The zero-order chi connectivity index (χ0) is 20.8. The van der Waals surface area contributed by atoms with Gasteiger partial charge in [-0.3, -0.25) is 4.68 Å². The summed E-state index contributed by atoms with van der Waals surface area (Å²) in [6.45, 7) is 4.58. The summed E-state index contributed by atoms with van der Waals surface area (Å²) >= 11 is 0. The Morgan fingerprint density at radius 2 is 1.69 bits per heavy atom. The van der Waals surface area contributed by atoms with Crippen molar-refractivity contribution in [3.8, 4) is 0 Å². The van der Waals surface area contributed by atoms with E-state index in [-0.39, 0.29) is 4.90 Å². The van der Waals surface area contributed by atoms with E-state index in [1.54, 1.807) is 24.3 Å². The van der Waals surface area contributed by atoms with Gasteiger partial charge in [-0.25, -0.2) is 8.42 Å². The Labute approximate surface area is 171 Å². The number of likely N-dealkylation sites (N-methyl/N-ethyl adjacent to an activating group) is 1. The average Bonchev–Trinajstić information content (AvgIpc) is 2.97. The molecule has 0 bridgehead atoms. The number of fused-ring (bicyclic) bond motifs is 1. The van der Waals surface area contributed by atoms with E-state index in [9.17, 15) is 13.5 Å². The molecule has 6 nitrogen and oxygen atoms in total. The van der Waals surface area contributed by atoms with Crippen LogP contribution in [0.3, 0.4) is 0 Å². The van der Waals surface area contributed by atoms with Crippen LogP contribution in [-0.4, -0.2) is 40.7 Å². The van der Waals surface area contributed by atoms with Gasteiger partial charge in [0.2, 0.25) is 10.0 Å². The lowest BCUT2D eigenvalue weighted by Crippen LogP contribution is -2.46. The van der Waals surface area contributed by atoms with E-state index in [0.717, 1.165) is 22.5 Å². The summed E-state index contributed by atoms with van der Waals surface area (Å²) in [6, 6.07) is 16.2. The molecule has 29 heavy (non-hydrogen) atoms. The number of rotatable bonds is 4. The van der Waals surface area contributed by atoms with Gasteiger partial charge in [0.1, 0.15) is 0 Å². The van der Waals surface area contributed by atoms with Crippen LogP contribution in [0.25, 0.3) is 0 Å². The van der Waals surface area contributed by atoms with Crippen LogP contribution in [0, 0.1) is 13.8 Å². The van der Waals surface area contributed by atoms with Crippen molar-refractivity contribution in [3.05, 3.63) is 82.7 Å². The number of nitrogens with zero attached hydrogens (tertiary/aromatic N) is 3. The highest BCUT2D eigenvalue weighted by Gasteiger charge is 2.41. The van der Waals surface area contributed by atoms with Crippen LogP contribution in [-0.2, 0) is 23.0 Å². The molecule has 7 heteroatoms. The van der Waals surface area contributed by atoms with Gasteiger partial charge in [-0.05, 0) is 37.5 Å². The predicted octanol–water partition coefficient (Wildman–Crippen LogP) is 2.83. The molecule has 0 amide bonds. The Balaban J connectivity index is 1.68. The molecular formula is C22H25N3O3S. The molecule has 0 saturated heterocycles. The smallest absolute Gasteiger partial charge is 0.243 e. The van der Waals surface area contributed by atoms with E-state index in [1.807, 2.05) is 36.7 Å². The number of benzene rings is 2. The van der Waals surface area contributed by atoms with Crippen LogP contribution in [0.5, 0.6) is 0 Å². The van der Waals surface area contributed by atoms with Gasteiger partial charge in [0, 0.05) is 18.3 Å². The number of sulfonamides is 1. The van der Waals surface area contributed by atoms with E-state index < -0.39 is 22.2 Å². The maximum atomic E-state index is 13.0. The molecule has 0 saturated carbocycles. The van der Waals surface area contributed by atoms with Crippen molar-refractivity contribution < 1.29 is 13.5 Å². The molecule has 0 spiro atoms. The van der Waals surface area contributed by atoms with Gasteiger partial charge in [-0.1, -0.05) is 48.5 Å². The Morgan fingerprint density at radius 1 is 1.03 bits per heavy atom. The minimum Gasteiger partial charge on any atom is -0.387 e. The lowest BCUT2D eigenvalue weighted by molar-refractivity contribution is 0.0890. The van der Waals surface area contributed by atoms with Crippen molar-refractivity contribution in [2.45, 2.75) is 43.9 Å². The highest BCUT2D eigenvalue weighted by atomic mass is 32.2. The molecule has 2 heterocycles. The second kappa shape index (κ2) is 7.40. The van der Waals surface area contributed by atoms with E-state index in [0.29, 0.717) is 18.5 Å². The molecule has 1 aliphatic rings. The third kappa shape index (κ3) is 3.39. The fourth-order valence-corrected chi connectivity index (χ4v) is 5.68. The zero-order valence-electron chi connectivity index (χ0n) is 16.8. The topological polar surface area (TPSA) is 75.4 Å². The summed E-state index contributed by atoms with van der Waals surface area (Å²) in [5, 5.41) is 15.6. The van der Waals surface area contributed by atoms with Crippen LogP contribution in [0.15, 0.2) is 59.5 Å². The summed E-state index contributed by atoms with van der Waals surface area (Å²) < 4.78 is 29.2. The summed E-state index contributed by atoms with van der Waals surface area (Å²) in [5.41, 5.74) is 4.43. The first kappa shape index (κ1) is 19.8. The lowest BCUT2D eigenvalue weighted by Gasteiger charge is -2.37. The molecular weight excluding hydrogens is 386 g/mol. The standard InChI is InChI=1S/C22H25N3O3S/c1-15-19(16(2)25(23-15)14-17-9-5-4-6-10-17)13-20-22(26)18-11-7-8-12-21(18)29(27,28)24(20)3/h4-12,20,22,26H,13-14H2,1-3H3/t20-,22+/m0/s1. The molecule has 0 fully saturated rings. The minimum absolute atomic E-state index is 0.180. The highest BCUT2D eigenvalue weighted by molar-refractivity contribution is 7.89. The molecule has 1 aliphatic heterocycles. The van der Waals surface area contributed by atoms with Gasteiger partial charge >= 0.3 is 0 Å². The molecule has 0 radical (unpaired) electrons. The number of aryl methyl sites for hydroxylation is 1. The van der Waals surface area contributed by atoms with Gasteiger partial charge in [0.25, 0.3) is 0 Å². The van der Waals surface area contributed by atoms with Crippen LogP contribution >= 0.6 is 0 Å². The Morgan fingerprint density at radius 3 is 2.41 bits per heavy atom. The first-order valence-corrected chi connectivity index (χ1v) is 11.1. The third-order valence-corrected chi connectivity index (χ3v) is 7.80. The number of aliphatic hydroxyl groups excluding tert-OH is 1. The van der Waals surface area contributed by atoms with Crippen molar-refractivity contribution >= 4 is 10.0 Å². The molecule has 2 atom stereocenters. The van der Waals surface area contributed by atoms with Crippen LogP contribution in [0.2, 0.25) is 0 Å². The van der Waals surface area contributed by atoms with Crippen molar-refractivity contribution in [2.75, 3.05) is 7.05 Å². The van der Waals surface area contributed by atoms with E-state index in [1.165, 1.54) is 11.4 Å². The van der Waals surface area contributed by atoms with Gasteiger partial charge < -0.3 is 5.11 Å². The maximum Gasteiger partial charge on any atom is 0.243 e.